The molecule has 0 saturated heterocycles. The Labute approximate surface area is 121 Å². The van der Waals surface area contributed by atoms with Crippen molar-refractivity contribution in [1.82, 2.24) is 20.2 Å². The van der Waals surface area contributed by atoms with E-state index in [4.69, 9.17) is 0 Å². The minimum Gasteiger partial charge on any atom is -0.479 e. The number of amides is 2. The van der Waals surface area contributed by atoms with Crippen molar-refractivity contribution in [2.24, 2.45) is 7.05 Å². The van der Waals surface area contributed by atoms with Crippen LogP contribution in [0.2, 0.25) is 0 Å². The monoisotopic (exact) mass is 288 g/mol. The maximum Gasteiger partial charge on any atom is 0.330 e. The molecule has 0 aliphatic rings. The first-order chi connectivity index (χ1) is 10.1. The first-order valence-electron chi connectivity index (χ1n) is 6.36. The van der Waals surface area contributed by atoms with Gasteiger partial charge in [0.2, 0.25) is 0 Å². The summed E-state index contributed by atoms with van der Waals surface area (Å²) < 4.78 is 1.77. The van der Waals surface area contributed by atoms with Crippen molar-refractivity contribution in [2.75, 3.05) is 0 Å². The molecule has 1 heterocycles. The molecule has 2 rings (SSSR count). The standard InChI is InChI=1S/C14H16N4O3/c1-18-8-7-15-11(18)9-16-14(21)17-12(13(19)20)10-5-3-2-4-6-10/h2-8,12H,9H2,1H3,(H,19,20)(H2,16,17,21). The van der Waals surface area contributed by atoms with Crippen molar-refractivity contribution < 1.29 is 14.7 Å². The van der Waals surface area contributed by atoms with Gasteiger partial charge in [0, 0.05) is 19.4 Å². The number of nitrogens with zero attached hydrogens (tertiary/aromatic N) is 2. The molecule has 2 amide bonds. The number of hydrogen-bond donors (Lipinski definition) is 3. The van der Waals surface area contributed by atoms with E-state index in [1.807, 2.05) is 7.05 Å². The van der Waals surface area contributed by atoms with Gasteiger partial charge in [0.25, 0.3) is 0 Å². The van der Waals surface area contributed by atoms with Gasteiger partial charge < -0.3 is 20.3 Å². The summed E-state index contributed by atoms with van der Waals surface area (Å²) in [7, 11) is 1.81. The van der Waals surface area contributed by atoms with Crippen LogP contribution in [0.25, 0.3) is 0 Å². The Kier molecular flexibility index (Phi) is 4.55. The Morgan fingerprint density at radius 2 is 2.05 bits per heavy atom. The second-order valence-electron chi connectivity index (χ2n) is 4.46. The lowest BCUT2D eigenvalue weighted by Crippen LogP contribution is -2.40. The van der Waals surface area contributed by atoms with Crippen LogP contribution in [-0.4, -0.2) is 26.7 Å². The van der Waals surface area contributed by atoms with Gasteiger partial charge in [0.1, 0.15) is 5.82 Å². The second kappa shape index (κ2) is 6.56. The van der Waals surface area contributed by atoms with Gasteiger partial charge in [-0.25, -0.2) is 14.6 Å². The van der Waals surface area contributed by atoms with E-state index >= 15 is 0 Å². The number of aromatic nitrogens is 2. The lowest BCUT2D eigenvalue weighted by molar-refractivity contribution is -0.139. The van der Waals surface area contributed by atoms with Gasteiger partial charge in [-0.3, -0.25) is 0 Å². The van der Waals surface area contributed by atoms with Crippen molar-refractivity contribution in [2.45, 2.75) is 12.6 Å². The summed E-state index contributed by atoms with van der Waals surface area (Å²) in [5.74, 6) is -0.440. The average molecular weight is 288 g/mol. The van der Waals surface area contributed by atoms with E-state index in [1.54, 1.807) is 47.3 Å². The number of aryl methyl sites for hydroxylation is 1. The zero-order chi connectivity index (χ0) is 15.2. The molecule has 7 heteroatoms. The topological polar surface area (TPSA) is 96.3 Å². The summed E-state index contributed by atoms with van der Waals surface area (Å²) in [5.41, 5.74) is 0.511. The number of rotatable bonds is 5. The van der Waals surface area contributed by atoms with Crippen LogP contribution in [0.3, 0.4) is 0 Å². The van der Waals surface area contributed by atoms with Crippen LogP contribution in [0.4, 0.5) is 4.79 Å². The highest BCUT2D eigenvalue weighted by molar-refractivity contribution is 5.83. The Morgan fingerprint density at radius 1 is 1.33 bits per heavy atom. The van der Waals surface area contributed by atoms with Crippen LogP contribution >= 0.6 is 0 Å². The summed E-state index contributed by atoms with van der Waals surface area (Å²) >= 11 is 0. The third-order valence-electron chi connectivity index (χ3n) is 2.98. The molecule has 0 spiro atoms. The summed E-state index contributed by atoms with van der Waals surface area (Å²) in [4.78, 5) is 27.1. The predicted octanol–water partition coefficient (Wildman–Crippen LogP) is 1.05. The predicted molar refractivity (Wildman–Crippen MR) is 75.4 cm³/mol. The third-order valence-corrected chi connectivity index (χ3v) is 2.98. The number of carboxylic acids is 1. The number of urea groups is 1. The number of carbonyl (C=O) groups excluding carboxylic acids is 1. The van der Waals surface area contributed by atoms with E-state index in [2.05, 4.69) is 15.6 Å². The Hall–Kier alpha value is -2.83. The average Bonchev–Trinajstić information content (AvgIpc) is 2.88. The molecule has 2 aromatic rings. The van der Waals surface area contributed by atoms with Gasteiger partial charge in [0.05, 0.1) is 6.54 Å². The van der Waals surface area contributed by atoms with Gasteiger partial charge in [-0.1, -0.05) is 30.3 Å². The molecule has 0 bridgehead atoms. The van der Waals surface area contributed by atoms with Gasteiger partial charge in [-0.15, -0.1) is 0 Å². The maximum absolute atomic E-state index is 11.8. The van der Waals surface area contributed by atoms with Gasteiger partial charge in [-0.2, -0.15) is 0 Å². The highest BCUT2D eigenvalue weighted by atomic mass is 16.4. The molecule has 110 valence electrons. The summed E-state index contributed by atoms with van der Waals surface area (Å²) in [5, 5.41) is 14.2. The molecule has 21 heavy (non-hydrogen) atoms. The largest absolute Gasteiger partial charge is 0.479 e. The van der Waals surface area contributed by atoms with Crippen molar-refractivity contribution in [3.8, 4) is 0 Å². The molecule has 0 fully saturated rings. The fourth-order valence-corrected chi connectivity index (χ4v) is 1.84. The number of nitrogens with one attached hydrogen (secondary N) is 2. The van der Waals surface area contributed by atoms with Gasteiger partial charge in [0.15, 0.2) is 6.04 Å². The van der Waals surface area contributed by atoms with Crippen molar-refractivity contribution in [1.29, 1.82) is 0 Å². The zero-order valence-corrected chi connectivity index (χ0v) is 11.5. The van der Waals surface area contributed by atoms with E-state index in [1.165, 1.54) is 0 Å². The molecule has 1 unspecified atom stereocenters. The number of benzene rings is 1. The zero-order valence-electron chi connectivity index (χ0n) is 11.5. The van der Waals surface area contributed by atoms with Crippen LogP contribution in [0.5, 0.6) is 0 Å². The normalized spacial score (nSPS) is 11.7. The van der Waals surface area contributed by atoms with E-state index in [0.29, 0.717) is 11.4 Å². The lowest BCUT2D eigenvalue weighted by Gasteiger charge is -2.15. The van der Waals surface area contributed by atoms with Gasteiger partial charge >= 0.3 is 12.0 Å². The minimum absolute atomic E-state index is 0.219. The number of carboxylic acid groups (broad SMARTS) is 1. The summed E-state index contributed by atoms with van der Waals surface area (Å²) in [6.45, 7) is 0.219. The van der Waals surface area contributed by atoms with E-state index in [9.17, 15) is 14.7 Å². The SMILES string of the molecule is Cn1ccnc1CNC(=O)NC(C(=O)O)c1ccccc1. The van der Waals surface area contributed by atoms with E-state index in [-0.39, 0.29) is 6.54 Å². The molecular formula is C14H16N4O3. The first kappa shape index (κ1) is 14.6. The molecule has 1 aromatic heterocycles. The molecule has 0 aliphatic heterocycles. The molecule has 3 N–H and O–H groups in total. The molecule has 0 aliphatic carbocycles. The van der Waals surface area contributed by atoms with E-state index < -0.39 is 18.0 Å². The van der Waals surface area contributed by atoms with Gasteiger partial charge in [-0.05, 0) is 5.56 Å². The highest BCUT2D eigenvalue weighted by Crippen LogP contribution is 2.12. The number of aliphatic carboxylic acids is 1. The van der Waals surface area contributed by atoms with Crippen molar-refractivity contribution >= 4 is 12.0 Å². The quantitative estimate of drug-likeness (QED) is 0.766. The second-order valence-corrected chi connectivity index (χ2v) is 4.46. The van der Waals surface area contributed by atoms with E-state index in [0.717, 1.165) is 0 Å². The smallest absolute Gasteiger partial charge is 0.330 e. The molecule has 1 atom stereocenters. The fourth-order valence-electron chi connectivity index (χ4n) is 1.84. The molecule has 1 aromatic carbocycles. The lowest BCUT2D eigenvalue weighted by atomic mass is 10.1. The molecular weight excluding hydrogens is 272 g/mol. The van der Waals surface area contributed by atoms with Crippen LogP contribution in [0.1, 0.15) is 17.4 Å². The van der Waals surface area contributed by atoms with Crippen LogP contribution < -0.4 is 10.6 Å². The molecule has 0 radical (unpaired) electrons. The number of carbonyl (C=O) groups is 2. The van der Waals surface area contributed by atoms with Crippen molar-refractivity contribution in [3.05, 3.63) is 54.1 Å². The minimum atomic E-state index is -1.12. The number of hydrogen-bond acceptors (Lipinski definition) is 3. The van der Waals surface area contributed by atoms with Crippen molar-refractivity contribution in [3.63, 3.8) is 0 Å². The fraction of sp³-hybridized carbons (Fsp3) is 0.214. The van der Waals surface area contributed by atoms with Crippen LogP contribution in [-0.2, 0) is 18.4 Å². The highest BCUT2D eigenvalue weighted by Gasteiger charge is 2.21. The summed E-state index contributed by atoms with van der Waals surface area (Å²) in [6, 6.07) is 6.87. The Balaban J connectivity index is 1.96. The summed E-state index contributed by atoms with van der Waals surface area (Å²) in [6.07, 6.45) is 3.39. The maximum atomic E-state index is 11.8. The number of imidazole rings is 1. The van der Waals surface area contributed by atoms with Crippen LogP contribution in [0.15, 0.2) is 42.7 Å². The molecule has 7 nitrogen and oxygen atoms in total. The third kappa shape index (κ3) is 3.82. The Morgan fingerprint density at radius 3 is 2.62 bits per heavy atom. The molecule has 0 saturated carbocycles. The van der Waals surface area contributed by atoms with Crippen LogP contribution in [0, 0.1) is 0 Å². The first-order valence-corrected chi connectivity index (χ1v) is 6.36. The Bertz CT molecular complexity index is 624.